The van der Waals surface area contributed by atoms with Crippen LogP contribution in [-0.4, -0.2) is 27.3 Å². The van der Waals surface area contributed by atoms with Crippen molar-refractivity contribution in [2.75, 3.05) is 12.4 Å². The summed E-state index contributed by atoms with van der Waals surface area (Å²) in [5, 5.41) is 2.63. The predicted molar refractivity (Wildman–Crippen MR) is 138 cm³/mol. The molecule has 0 radical (unpaired) electrons. The monoisotopic (exact) mass is 510 g/mol. The van der Waals surface area contributed by atoms with Crippen molar-refractivity contribution in [3.05, 3.63) is 83.9 Å². The van der Waals surface area contributed by atoms with Gasteiger partial charge in [-0.25, -0.2) is 13.1 Å². The number of hydrogen-bond acceptors (Lipinski definition) is 6. The number of nitrogens with one attached hydrogen (secondary N) is 2. The van der Waals surface area contributed by atoms with Crippen LogP contribution in [0.5, 0.6) is 11.5 Å². The molecular weight excluding hydrogens is 480 g/mol. The van der Waals surface area contributed by atoms with Crippen LogP contribution in [-0.2, 0) is 21.4 Å². The number of benzene rings is 3. The summed E-state index contributed by atoms with van der Waals surface area (Å²) < 4.78 is 38.7. The van der Waals surface area contributed by atoms with Crippen LogP contribution in [0.4, 0.5) is 5.69 Å². The Hall–Kier alpha value is -3.85. The summed E-state index contributed by atoms with van der Waals surface area (Å²) in [7, 11) is -2.56. The molecule has 3 aromatic rings. The first-order chi connectivity index (χ1) is 17.3. The summed E-state index contributed by atoms with van der Waals surface area (Å²) in [6, 6.07) is 20.0. The Morgan fingerprint density at radius 2 is 1.64 bits per heavy atom. The van der Waals surface area contributed by atoms with Gasteiger partial charge in [-0.05, 0) is 54.4 Å². The molecule has 0 aromatic heterocycles. The lowest BCUT2D eigenvalue weighted by atomic mass is 10.2. The molecule has 0 fully saturated rings. The standard InChI is InChI=1S/C27H30N2O6S/c1-3-4-5-13-26(30)29-36(32,33)25-12-7-6-11-24(25)28-27(31)21-9-8-10-23(18-21)35-19-20-14-16-22(34-2)17-15-20/h6-12,14-18H,3-5,13,19H2,1-2H3,(H,28,31)(H,29,30). The Labute approximate surface area is 211 Å². The van der Waals surface area contributed by atoms with E-state index in [1.807, 2.05) is 31.2 Å². The van der Waals surface area contributed by atoms with E-state index >= 15 is 0 Å². The second kappa shape index (κ2) is 12.7. The van der Waals surface area contributed by atoms with E-state index in [1.54, 1.807) is 37.4 Å². The van der Waals surface area contributed by atoms with Gasteiger partial charge in [-0.15, -0.1) is 0 Å². The van der Waals surface area contributed by atoms with E-state index < -0.39 is 21.8 Å². The number of unbranched alkanes of at least 4 members (excludes halogenated alkanes) is 2. The highest BCUT2D eigenvalue weighted by Crippen LogP contribution is 2.23. The molecule has 0 saturated heterocycles. The molecule has 0 atom stereocenters. The number of sulfonamides is 1. The third-order valence-electron chi connectivity index (χ3n) is 5.34. The van der Waals surface area contributed by atoms with Gasteiger partial charge in [-0.2, -0.15) is 0 Å². The normalized spacial score (nSPS) is 10.9. The summed E-state index contributed by atoms with van der Waals surface area (Å²) in [4.78, 5) is 24.8. The molecule has 0 bridgehead atoms. The van der Waals surface area contributed by atoms with Crippen molar-refractivity contribution >= 4 is 27.5 Å². The van der Waals surface area contributed by atoms with Gasteiger partial charge in [0.05, 0.1) is 12.8 Å². The van der Waals surface area contributed by atoms with Gasteiger partial charge in [-0.1, -0.05) is 50.1 Å². The molecule has 2 N–H and O–H groups in total. The summed E-state index contributed by atoms with van der Waals surface area (Å²) in [5.74, 6) is 0.141. The quantitative estimate of drug-likeness (QED) is 0.335. The third-order valence-corrected chi connectivity index (χ3v) is 6.77. The lowest BCUT2D eigenvalue weighted by Crippen LogP contribution is -2.31. The lowest BCUT2D eigenvalue weighted by molar-refractivity contribution is -0.119. The van der Waals surface area contributed by atoms with Crippen LogP contribution in [0.1, 0.15) is 48.5 Å². The van der Waals surface area contributed by atoms with E-state index in [-0.39, 0.29) is 22.6 Å². The van der Waals surface area contributed by atoms with E-state index in [0.29, 0.717) is 18.8 Å². The highest BCUT2D eigenvalue weighted by molar-refractivity contribution is 7.90. The number of carbonyl (C=O) groups is 2. The van der Waals surface area contributed by atoms with Crippen LogP contribution in [0.3, 0.4) is 0 Å². The Morgan fingerprint density at radius 3 is 2.36 bits per heavy atom. The van der Waals surface area contributed by atoms with E-state index in [1.165, 1.54) is 18.2 Å². The fourth-order valence-corrected chi connectivity index (χ4v) is 4.58. The molecule has 190 valence electrons. The highest BCUT2D eigenvalue weighted by atomic mass is 32.2. The molecule has 0 unspecified atom stereocenters. The molecule has 0 aliphatic carbocycles. The lowest BCUT2D eigenvalue weighted by Gasteiger charge is -2.13. The number of hydrogen-bond donors (Lipinski definition) is 2. The molecule has 3 rings (SSSR count). The summed E-state index contributed by atoms with van der Waals surface area (Å²) in [6.07, 6.45) is 2.48. The molecular formula is C27H30N2O6S. The highest BCUT2D eigenvalue weighted by Gasteiger charge is 2.22. The van der Waals surface area contributed by atoms with Crippen LogP contribution >= 0.6 is 0 Å². The molecule has 3 aromatic carbocycles. The van der Waals surface area contributed by atoms with Crippen molar-refractivity contribution in [1.29, 1.82) is 0 Å². The zero-order chi connectivity index (χ0) is 26.0. The molecule has 0 spiro atoms. The van der Waals surface area contributed by atoms with Crippen LogP contribution in [0.15, 0.2) is 77.7 Å². The summed E-state index contributed by atoms with van der Waals surface area (Å²) in [6.45, 7) is 2.30. The molecule has 8 nitrogen and oxygen atoms in total. The third kappa shape index (κ3) is 7.58. The van der Waals surface area contributed by atoms with Gasteiger partial charge < -0.3 is 14.8 Å². The number of anilines is 1. The van der Waals surface area contributed by atoms with Crippen molar-refractivity contribution in [3.8, 4) is 11.5 Å². The van der Waals surface area contributed by atoms with Gasteiger partial charge in [0.25, 0.3) is 15.9 Å². The van der Waals surface area contributed by atoms with Gasteiger partial charge in [0, 0.05) is 12.0 Å². The smallest absolute Gasteiger partial charge is 0.266 e. The van der Waals surface area contributed by atoms with Gasteiger partial charge in [0.1, 0.15) is 23.0 Å². The Bertz CT molecular complexity index is 1290. The molecule has 9 heteroatoms. The number of rotatable bonds is 12. The predicted octanol–water partition coefficient (Wildman–Crippen LogP) is 4.91. The first-order valence-electron chi connectivity index (χ1n) is 11.6. The molecule has 2 amide bonds. The topological polar surface area (TPSA) is 111 Å². The number of amides is 2. The van der Waals surface area contributed by atoms with Crippen LogP contribution in [0, 0.1) is 0 Å². The van der Waals surface area contributed by atoms with Crippen molar-refractivity contribution in [1.82, 2.24) is 4.72 Å². The molecule has 0 saturated carbocycles. The second-order valence-electron chi connectivity index (χ2n) is 8.10. The summed E-state index contributed by atoms with van der Waals surface area (Å²) >= 11 is 0. The minimum atomic E-state index is -4.16. The average molecular weight is 511 g/mol. The second-order valence-corrected chi connectivity index (χ2v) is 9.75. The largest absolute Gasteiger partial charge is 0.497 e. The zero-order valence-electron chi connectivity index (χ0n) is 20.3. The van der Waals surface area contributed by atoms with E-state index in [9.17, 15) is 18.0 Å². The van der Waals surface area contributed by atoms with Crippen LogP contribution in [0.2, 0.25) is 0 Å². The van der Waals surface area contributed by atoms with E-state index in [2.05, 4.69) is 10.0 Å². The SMILES string of the molecule is CCCCCC(=O)NS(=O)(=O)c1ccccc1NC(=O)c1cccc(OCc2ccc(OC)cc2)c1. The number of ether oxygens (including phenoxy) is 2. The van der Waals surface area contributed by atoms with Crippen molar-refractivity contribution in [2.24, 2.45) is 0 Å². The Morgan fingerprint density at radius 1 is 0.889 bits per heavy atom. The van der Waals surface area contributed by atoms with Crippen LogP contribution < -0.4 is 19.5 Å². The van der Waals surface area contributed by atoms with Crippen molar-refractivity contribution in [3.63, 3.8) is 0 Å². The summed E-state index contributed by atoms with van der Waals surface area (Å²) in [5.41, 5.74) is 1.29. The van der Waals surface area contributed by atoms with Gasteiger partial charge >= 0.3 is 0 Å². The number of carbonyl (C=O) groups excluding carboxylic acids is 2. The first kappa shape index (κ1) is 26.7. The minimum absolute atomic E-state index is 0.0703. The van der Waals surface area contributed by atoms with E-state index in [0.717, 1.165) is 24.2 Å². The first-order valence-corrected chi connectivity index (χ1v) is 13.1. The molecule has 0 heterocycles. The molecule has 0 aliphatic heterocycles. The zero-order valence-corrected chi connectivity index (χ0v) is 21.1. The van der Waals surface area contributed by atoms with Gasteiger partial charge in [0.15, 0.2) is 0 Å². The fourth-order valence-electron chi connectivity index (χ4n) is 3.41. The maximum Gasteiger partial charge on any atom is 0.266 e. The maximum atomic E-state index is 12.9. The maximum absolute atomic E-state index is 12.9. The fraction of sp³-hybridized carbons (Fsp3) is 0.259. The van der Waals surface area contributed by atoms with Crippen molar-refractivity contribution < 1.29 is 27.5 Å². The molecule has 36 heavy (non-hydrogen) atoms. The van der Waals surface area contributed by atoms with E-state index in [4.69, 9.17) is 9.47 Å². The van der Waals surface area contributed by atoms with Crippen LogP contribution in [0.25, 0.3) is 0 Å². The minimum Gasteiger partial charge on any atom is -0.497 e. The number of methoxy groups -OCH3 is 1. The average Bonchev–Trinajstić information content (AvgIpc) is 2.88. The van der Waals surface area contributed by atoms with Gasteiger partial charge in [0.2, 0.25) is 5.91 Å². The molecule has 0 aliphatic rings. The van der Waals surface area contributed by atoms with Crippen molar-refractivity contribution in [2.45, 2.75) is 44.1 Å². The Balaban J connectivity index is 1.68. The van der Waals surface area contributed by atoms with Gasteiger partial charge in [-0.3, -0.25) is 9.59 Å². The Kier molecular flexibility index (Phi) is 9.46. The number of para-hydroxylation sites is 1.